The molecule has 1 fully saturated rings. The maximum absolute atomic E-state index is 15.9. The average Bonchev–Trinajstić information content (AvgIpc) is 3.58. The summed E-state index contributed by atoms with van der Waals surface area (Å²) in [6.07, 6.45) is 5.45. The second-order valence-electron chi connectivity index (χ2n) is 10.8. The van der Waals surface area contributed by atoms with E-state index in [1.54, 1.807) is 6.07 Å². The maximum atomic E-state index is 15.9. The summed E-state index contributed by atoms with van der Waals surface area (Å²) in [5.41, 5.74) is 14.9. The van der Waals surface area contributed by atoms with E-state index < -0.39 is 5.82 Å². The average molecular weight is 746 g/mol. The van der Waals surface area contributed by atoms with Crippen LogP contribution in [0, 0.1) is 17.1 Å². The number of rotatable bonds is 9. The molecule has 5 N–H and O–H groups in total. The zero-order valence-electron chi connectivity index (χ0n) is 24.5. The standard InChI is InChI=1S/C31H32ClFIN8OS/c1-4-34-16(6-5-9-35)11-38-30-25-20-15-43-14-19(20)24(26-21(33)7-8-22-23(26)18(10-36)29(37)44-22)27(32)28(25)39-31(40-30)42-12-17(13-42)41(2)3/h5-9,17H,4,11-15,35,37H2,1-3H3,(H,38,39,40)/q-1/b9-5-,16-6-. The van der Waals surface area contributed by atoms with Crippen LogP contribution in [0.4, 0.5) is 21.2 Å². The third-order valence-electron chi connectivity index (χ3n) is 7.97. The predicted molar refractivity (Wildman–Crippen MR) is 173 cm³/mol. The first-order valence-electron chi connectivity index (χ1n) is 14.1. The topological polar surface area (TPSA) is 129 Å². The van der Waals surface area contributed by atoms with Crippen molar-refractivity contribution in [3.63, 3.8) is 0 Å². The van der Waals surface area contributed by atoms with Gasteiger partial charge in [-0.1, -0.05) is 0 Å². The number of aromatic nitrogens is 2. The summed E-state index contributed by atoms with van der Waals surface area (Å²) < 4.78 is 25.0. The molecule has 4 heterocycles. The summed E-state index contributed by atoms with van der Waals surface area (Å²) >= 11 is 8.37. The van der Waals surface area contributed by atoms with Gasteiger partial charge in [-0.25, -0.2) is 0 Å². The van der Waals surface area contributed by atoms with Crippen LogP contribution in [0.3, 0.4) is 0 Å². The second-order valence-corrected chi connectivity index (χ2v) is 15.9. The number of halogens is 3. The number of nitriles is 1. The molecule has 44 heavy (non-hydrogen) atoms. The molecule has 2 aromatic carbocycles. The van der Waals surface area contributed by atoms with E-state index in [1.165, 1.54) is 27.2 Å². The molecule has 0 radical (unpaired) electrons. The van der Waals surface area contributed by atoms with Gasteiger partial charge in [0.1, 0.15) is 0 Å². The Morgan fingerprint density at radius 3 is 2.75 bits per heavy atom. The van der Waals surface area contributed by atoms with Gasteiger partial charge in [0.05, 0.1) is 0 Å². The Morgan fingerprint density at radius 2 is 2.05 bits per heavy atom. The molecule has 230 valence electrons. The molecule has 2 aliphatic rings. The van der Waals surface area contributed by atoms with Crippen LogP contribution in [-0.4, -0.2) is 59.1 Å². The number of nitrogen functional groups attached to an aromatic ring is 1. The number of benzene rings is 2. The van der Waals surface area contributed by atoms with Crippen LogP contribution >= 0.6 is 22.9 Å². The number of hydrogen-bond acceptors (Lipinski definition) is 10. The number of nitrogens with two attached hydrogens (primary N) is 2. The number of ether oxygens (including phenoxy) is 1. The summed E-state index contributed by atoms with van der Waals surface area (Å²) in [7, 11) is 4.12. The fourth-order valence-electron chi connectivity index (χ4n) is 5.69. The molecule has 13 heteroatoms. The van der Waals surface area contributed by atoms with E-state index in [4.69, 9.17) is 37.8 Å². The first kappa shape index (κ1) is 30.8. The molecule has 0 aliphatic carbocycles. The van der Waals surface area contributed by atoms with E-state index >= 15 is 4.39 Å². The SMILES string of the molecule is CC[I-]/C(=C\C=C/N)CNc1nc(N2CC(N(C)C)C2)nc2c(Cl)c(-c3c(F)ccc4sc(N)c(C#N)c34)c3c(c12)COC3. The van der Waals surface area contributed by atoms with Crippen molar-refractivity contribution in [1.82, 2.24) is 14.9 Å². The van der Waals surface area contributed by atoms with Crippen LogP contribution in [0.2, 0.25) is 5.02 Å². The van der Waals surface area contributed by atoms with Gasteiger partial charge in [-0.2, -0.15) is 5.26 Å². The summed E-state index contributed by atoms with van der Waals surface area (Å²) in [5.74, 6) is 0.726. The molecule has 0 amide bonds. The first-order valence-corrected chi connectivity index (χ1v) is 17.9. The number of anilines is 3. The number of allylic oxidation sites excluding steroid dienone is 2. The predicted octanol–water partition coefficient (Wildman–Crippen LogP) is 2.42. The summed E-state index contributed by atoms with van der Waals surface area (Å²) in [6.45, 7) is 4.87. The quantitative estimate of drug-likeness (QED) is 0.135. The van der Waals surface area contributed by atoms with Crippen molar-refractivity contribution in [2.75, 3.05) is 54.1 Å². The number of alkyl halides is 1. The molecule has 9 nitrogen and oxygen atoms in total. The van der Waals surface area contributed by atoms with Gasteiger partial charge in [-0.05, 0) is 0 Å². The third kappa shape index (κ3) is 5.34. The molecule has 2 aromatic heterocycles. The van der Waals surface area contributed by atoms with Crippen LogP contribution in [0.25, 0.3) is 32.1 Å². The molecule has 0 bridgehead atoms. The first-order chi connectivity index (χ1) is 21.3. The van der Waals surface area contributed by atoms with Gasteiger partial charge in [0, 0.05) is 0 Å². The van der Waals surface area contributed by atoms with E-state index in [-0.39, 0.29) is 38.9 Å². The van der Waals surface area contributed by atoms with E-state index in [0.717, 1.165) is 34.0 Å². The van der Waals surface area contributed by atoms with Gasteiger partial charge in [0.15, 0.2) is 0 Å². The molecule has 0 atom stereocenters. The van der Waals surface area contributed by atoms with Gasteiger partial charge in [0.2, 0.25) is 0 Å². The van der Waals surface area contributed by atoms with Crippen molar-refractivity contribution in [1.29, 1.82) is 5.26 Å². The van der Waals surface area contributed by atoms with Gasteiger partial charge >= 0.3 is 265 Å². The van der Waals surface area contributed by atoms with Crippen molar-refractivity contribution < 1.29 is 30.3 Å². The van der Waals surface area contributed by atoms with Crippen molar-refractivity contribution >= 4 is 60.7 Å². The molecule has 2 aliphatic heterocycles. The molecule has 1 saturated heterocycles. The molecule has 4 aromatic rings. The summed E-state index contributed by atoms with van der Waals surface area (Å²) in [4.78, 5) is 14.3. The zero-order valence-corrected chi connectivity index (χ0v) is 28.3. The second kappa shape index (κ2) is 12.6. The fraction of sp³-hybridized carbons (Fsp3) is 0.323. The van der Waals surface area contributed by atoms with E-state index in [1.807, 2.05) is 6.08 Å². The van der Waals surface area contributed by atoms with Crippen molar-refractivity contribution in [2.45, 2.75) is 26.2 Å². The number of nitrogens with zero attached hydrogens (tertiary/aromatic N) is 5. The van der Waals surface area contributed by atoms with Crippen LogP contribution in [-0.2, 0) is 18.0 Å². The Hall–Kier alpha value is -3.22. The van der Waals surface area contributed by atoms with E-state index in [2.05, 4.69) is 48.3 Å². The Bertz CT molecular complexity index is 1880. The molecule has 0 spiro atoms. The normalized spacial score (nSPS) is 15.6. The molecular weight excluding hydrogens is 714 g/mol. The van der Waals surface area contributed by atoms with Gasteiger partial charge in [-0.15, -0.1) is 0 Å². The van der Waals surface area contributed by atoms with Gasteiger partial charge < -0.3 is 5.73 Å². The van der Waals surface area contributed by atoms with Crippen molar-refractivity contribution in [2.24, 2.45) is 5.73 Å². The van der Waals surface area contributed by atoms with Gasteiger partial charge in [0.25, 0.3) is 0 Å². The van der Waals surface area contributed by atoms with Crippen LogP contribution in [0.15, 0.2) is 34.1 Å². The Morgan fingerprint density at radius 1 is 1.27 bits per heavy atom. The molecular formula is C31H32ClFIN8OS-. The van der Waals surface area contributed by atoms with Crippen molar-refractivity contribution in [3.05, 3.63) is 61.6 Å². The number of nitrogens with one attached hydrogen (secondary N) is 1. The van der Waals surface area contributed by atoms with E-state index in [9.17, 15) is 5.26 Å². The number of fused-ring (bicyclic) bond motifs is 4. The Kier molecular flexibility index (Phi) is 8.85. The summed E-state index contributed by atoms with van der Waals surface area (Å²) in [5, 5.41) is 15.4. The van der Waals surface area contributed by atoms with Gasteiger partial charge in [-0.3, -0.25) is 0 Å². The van der Waals surface area contributed by atoms with Crippen LogP contribution < -0.4 is 42.9 Å². The molecule has 0 saturated carbocycles. The minimum atomic E-state index is -0.488. The molecule has 6 rings (SSSR count). The van der Waals surface area contributed by atoms with Crippen LogP contribution in [0.5, 0.6) is 0 Å². The Balaban J connectivity index is 1.59. The number of thiophene rings is 1. The van der Waals surface area contributed by atoms with Crippen molar-refractivity contribution in [3.8, 4) is 17.2 Å². The monoisotopic (exact) mass is 745 g/mol. The number of hydrogen-bond donors (Lipinski definition) is 3. The minimum absolute atomic E-state index is 0.187. The number of likely N-dealkylation sites (N-methyl/N-ethyl adjacent to an activating group) is 1. The van der Waals surface area contributed by atoms with Crippen LogP contribution in [0.1, 0.15) is 23.6 Å². The molecule has 0 unspecified atom stereocenters. The third-order valence-corrected chi connectivity index (χ3v) is 11.8. The summed E-state index contributed by atoms with van der Waals surface area (Å²) in [6, 6.07) is 5.62. The van der Waals surface area contributed by atoms with E-state index in [0.29, 0.717) is 62.1 Å². The zero-order chi connectivity index (χ0) is 31.1. The fourth-order valence-corrected chi connectivity index (χ4v) is 8.86. The Labute approximate surface area is 274 Å².